The number of rotatable bonds is 5. The lowest BCUT2D eigenvalue weighted by Gasteiger charge is -2.19. The number of ether oxygens (including phenoxy) is 1. The molecule has 1 N–H and O–H groups in total. The average molecular weight is 331 g/mol. The Kier molecular flexibility index (Phi) is 4.80. The summed E-state index contributed by atoms with van der Waals surface area (Å²) in [5, 5.41) is 0. The van der Waals surface area contributed by atoms with Gasteiger partial charge in [0.15, 0.2) is 0 Å². The molecule has 0 unspecified atom stereocenters. The van der Waals surface area contributed by atoms with E-state index in [1.165, 1.54) is 0 Å². The van der Waals surface area contributed by atoms with Gasteiger partial charge in [0.2, 0.25) is 10.0 Å². The second kappa shape index (κ2) is 6.83. The summed E-state index contributed by atoms with van der Waals surface area (Å²) in [4.78, 5) is 0.304. The van der Waals surface area contributed by atoms with Crippen molar-refractivity contribution in [3.05, 3.63) is 65.7 Å². The summed E-state index contributed by atoms with van der Waals surface area (Å²) in [5.41, 5.74) is 2.14. The fourth-order valence-electron chi connectivity index (χ4n) is 2.87. The Bertz CT molecular complexity index is 742. The van der Waals surface area contributed by atoms with Gasteiger partial charge >= 0.3 is 0 Å². The van der Waals surface area contributed by atoms with Crippen molar-refractivity contribution >= 4 is 10.0 Å². The Morgan fingerprint density at radius 2 is 1.78 bits per heavy atom. The van der Waals surface area contributed by atoms with Crippen LogP contribution >= 0.6 is 0 Å². The first-order valence-electron chi connectivity index (χ1n) is 7.79. The minimum Gasteiger partial charge on any atom is -0.373 e. The maximum absolute atomic E-state index is 12.4. The van der Waals surface area contributed by atoms with E-state index in [9.17, 15) is 8.42 Å². The van der Waals surface area contributed by atoms with E-state index in [-0.39, 0.29) is 12.0 Å². The van der Waals surface area contributed by atoms with Crippen LogP contribution in [-0.4, -0.2) is 21.6 Å². The van der Waals surface area contributed by atoms with Crippen molar-refractivity contribution in [2.24, 2.45) is 5.92 Å². The number of nitrogens with one attached hydrogen (secondary N) is 1. The molecule has 1 fully saturated rings. The van der Waals surface area contributed by atoms with Crippen LogP contribution in [0.25, 0.3) is 0 Å². The zero-order chi connectivity index (χ0) is 16.3. The van der Waals surface area contributed by atoms with Crippen LogP contribution in [0.1, 0.15) is 23.7 Å². The van der Waals surface area contributed by atoms with E-state index in [1.54, 1.807) is 24.3 Å². The van der Waals surface area contributed by atoms with Gasteiger partial charge in [-0.15, -0.1) is 0 Å². The minimum atomic E-state index is -3.48. The highest BCUT2D eigenvalue weighted by Gasteiger charge is 2.30. The lowest BCUT2D eigenvalue weighted by atomic mass is 9.96. The molecule has 3 rings (SSSR count). The van der Waals surface area contributed by atoms with Crippen molar-refractivity contribution in [2.75, 3.05) is 13.2 Å². The van der Waals surface area contributed by atoms with Crippen molar-refractivity contribution < 1.29 is 13.2 Å². The predicted molar refractivity (Wildman–Crippen MR) is 89.6 cm³/mol. The van der Waals surface area contributed by atoms with Crippen LogP contribution in [-0.2, 0) is 14.8 Å². The Labute approximate surface area is 137 Å². The first-order chi connectivity index (χ1) is 11.1. The molecule has 2 atom stereocenters. The highest BCUT2D eigenvalue weighted by atomic mass is 32.2. The molecule has 122 valence electrons. The fourth-order valence-corrected chi connectivity index (χ4v) is 3.97. The minimum absolute atomic E-state index is 0.0445. The molecular formula is C18H21NO3S. The number of hydrogen-bond donors (Lipinski definition) is 1. The molecule has 2 aromatic carbocycles. The highest BCUT2D eigenvalue weighted by molar-refractivity contribution is 7.89. The Balaban J connectivity index is 1.68. The zero-order valence-electron chi connectivity index (χ0n) is 13.1. The average Bonchev–Trinajstić information content (AvgIpc) is 3.03. The second-order valence-corrected chi connectivity index (χ2v) is 7.68. The SMILES string of the molecule is Cc1ccc(S(=O)(=O)NC[C@@H]2CCO[C@@H]2c2ccccc2)cc1. The third-order valence-corrected chi connectivity index (χ3v) is 5.65. The van der Waals surface area contributed by atoms with E-state index in [0.29, 0.717) is 18.0 Å². The van der Waals surface area contributed by atoms with Gasteiger partial charge in [-0.1, -0.05) is 48.0 Å². The molecule has 1 saturated heterocycles. The van der Waals surface area contributed by atoms with Gasteiger partial charge in [-0.2, -0.15) is 0 Å². The van der Waals surface area contributed by atoms with E-state index in [1.807, 2.05) is 37.3 Å². The maximum atomic E-state index is 12.4. The van der Waals surface area contributed by atoms with Crippen LogP contribution in [0, 0.1) is 12.8 Å². The van der Waals surface area contributed by atoms with Crippen LogP contribution in [0.3, 0.4) is 0 Å². The molecule has 0 saturated carbocycles. The van der Waals surface area contributed by atoms with Crippen molar-refractivity contribution in [2.45, 2.75) is 24.3 Å². The number of aryl methyl sites for hydroxylation is 1. The molecule has 23 heavy (non-hydrogen) atoms. The van der Waals surface area contributed by atoms with Gasteiger partial charge < -0.3 is 4.74 Å². The van der Waals surface area contributed by atoms with Gasteiger partial charge in [0.25, 0.3) is 0 Å². The van der Waals surface area contributed by atoms with E-state index >= 15 is 0 Å². The third-order valence-electron chi connectivity index (χ3n) is 4.21. The van der Waals surface area contributed by atoms with E-state index in [4.69, 9.17) is 4.74 Å². The summed E-state index contributed by atoms with van der Waals surface area (Å²) in [5.74, 6) is 0.151. The lowest BCUT2D eigenvalue weighted by molar-refractivity contribution is 0.0917. The normalized spacial score (nSPS) is 21.4. The largest absolute Gasteiger partial charge is 0.373 e. The topological polar surface area (TPSA) is 55.4 Å². The van der Waals surface area contributed by atoms with Crippen molar-refractivity contribution in [3.63, 3.8) is 0 Å². The zero-order valence-corrected chi connectivity index (χ0v) is 13.9. The maximum Gasteiger partial charge on any atom is 0.240 e. The van der Waals surface area contributed by atoms with E-state index < -0.39 is 10.0 Å². The molecule has 0 aliphatic carbocycles. The third kappa shape index (κ3) is 3.80. The number of sulfonamides is 1. The highest BCUT2D eigenvalue weighted by Crippen LogP contribution is 2.34. The molecule has 1 aliphatic rings. The molecule has 5 heteroatoms. The van der Waals surface area contributed by atoms with Crippen LogP contribution < -0.4 is 4.72 Å². The molecule has 0 bridgehead atoms. The van der Waals surface area contributed by atoms with Crippen molar-refractivity contribution in [3.8, 4) is 0 Å². The standard InChI is InChI=1S/C18H21NO3S/c1-14-7-9-17(10-8-14)23(20,21)19-13-16-11-12-22-18(16)15-5-3-2-4-6-15/h2-10,16,18-19H,11-13H2,1H3/t16-,18+/m0/s1. The van der Waals surface area contributed by atoms with Crippen LogP contribution in [0.15, 0.2) is 59.5 Å². The molecule has 2 aromatic rings. The molecule has 0 aromatic heterocycles. The van der Waals surface area contributed by atoms with Gasteiger partial charge in [0, 0.05) is 19.1 Å². The van der Waals surface area contributed by atoms with Crippen molar-refractivity contribution in [1.82, 2.24) is 4.72 Å². The molecule has 1 aliphatic heterocycles. The van der Waals surface area contributed by atoms with Gasteiger partial charge in [-0.05, 0) is 31.0 Å². The summed E-state index contributed by atoms with van der Waals surface area (Å²) < 4.78 is 33.3. The summed E-state index contributed by atoms with van der Waals surface area (Å²) in [6, 6.07) is 16.9. The molecular weight excluding hydrogens is 310 g/mol. The molecule has 0 amide bonds. The lowest BCUT2D eigenvalue weighted by Crippen LogP contribution is -2.30. The Morgan fingerprint density at radius 3 is 2.48 bits per heavy atom. The monoisotopic (exact) mass is 331 g/mol. The van der Waals surface area contributed by atoms with Crippen LogP contribution in [0.2, 0.25) is 0 Å². The first-order valence-corrected chi connectivity index (χ1v) is 9.27. The molecule has 0 radical (unpaired) electrons. The summed E-state index contributed by atoms with van der Waals surface area (Å²) >= 11 is 0. The van der Waals surface area contributed by atoms with Crippen molar-refractivity contribution in [1.29, 1.82) is 0 Å². The molecule has 4 nitrogen and oxygen atoms in total. The second-order valence-electron chi connectivity index (χ2n) is 5.92. The molecule has 0 spiro atoms. The quantitative estimate of drug-likeness (QED) is 0.916. The van der Waals surface area contributed by atoms with Gasteiger partial charge in [-0.3, -0.25) is 0 Å². The van der Waals surface area contributed by atoms with Crippen LogP contribution in [0.5, 0.6) is 0 Å². The summed E-state index contributed by atoms with van der Waals surface area (Å²) in [7, 11) is -3.48. The van der Waals surface area contributed by atoms with E-state index in [0.717, 1.165) is 17.5 Å². The van der Waals surface area contributed by atoms with Gasteiger partial charge in [0.05, 0.1) is 11.0 Å². The fraction of sp³-hybridized carbons (Fsp3) is 0.333. The van der Waals surface area contributed by atoms with Gasteiger partial charge in [-0.25, -0.2) is 13.1 Å². The first kappa shape index (κ1) is 16.2. The van der Waals surface area contributed by atoms with E-state index in [2.05, 4.69) is 4.72 Å². The molecule has 1 heterocycles. The van der Waals surface area contributed by atoms with Gasteiger partial charge in [0.1, 0.15) is 0 Å². The van der Waals surface area contributed by atoms with Crippen LogP contribution in [0.4, 0.5) is 0 Å². The smallest absolute Gasteiger partial charge is 0.240 e. The number of benzene rings is 2. The number of hydrogen-bond acceptors (Lipinski definition) is 3. The predicted octanol–water partition coefficient (Wildman–Crippen LogP) is 3.05. The Hall–Kier alpha value is -1.69. The summed E-state index contributed by atoms with van der Waals surface area (Å²) in [6.07, 6.45) is 0.813. The Morgan fingerprint density at radius 1 is 1.09 bits per heavy atom. The summed E-state index contributed by atoms with van der Waals surface area (Å²) in [6.45, 7) is 2.98.